The van der Waals surface area contributed by atoms with Crippen molar-refractivity contribution in [3.05, 3.63) is 59.4 Å². The molecule has 0 atom stereocenters. The van der Waals surface area contributed by atoms with E-state index >= 15 is 0 Å². The van der Waals surface area contributed by atoms with Gasteiger partial charge in [-0.25, -0.2) is 4.98 Å². The van der Waals surface area contributed by atoms with Crippen molar-refractivity contribution < 1.29 is 14.3 Å². The maximum atomic E-state index is 12.3. The van der Waals surface area contributed by atoms with Crippen LogP contribution in [0.4, 0.5) is 0 Å². The first-order valence-corrected chi connectivity index (χ1v) is 8.16. The molecule has 1 aromatic carbocycles. The van der Waals surface area contributed by atoms with E-state index in [4.69, 9.17) is 4.74 Å². The van der Waals surface area contributed by atoms with E-state index in [0.29, 0.717) is 19.0 Å². The summed E-state index contributed by atoms with van der Waals surface area (Å²) in [6, 6.07) is 12.3. The molecule has 0 unspecified atom stereocenters. The summed E-state index contributed by atoms with van der Waals surface area (Å²) >= 11 is 0. The molecule has 0 aliphatic carbocycles. The van der Waals surface area contributed by atoms with Crippen LogP contribution in [0.25, 0.3) is 0 Å². The second-order valence-electron chi connectivity index (χ2n) is 6.04. The molecule has 0 saturated heterocycles. The summed E-state index contributed by atoms with van der Waals surface area (Å²) in [6.45, 7) is 4.95. The standard InChI is InChI=1S/C19H23N3O3/c1-13(2)11-20-18(23)16-5-4-6-17(22-16)19(24)21-12-14-7-9-15(25-3)10-8-14/h4-10,13H,11-12H2,1-3H3,(H,20,23)(H,21,24). The minimum Gasteiger partial charge on any atom is -0.497 e. The summed E-state index contributed by atoms with van der Waals surface area (Å²) in [7, 11) is 1.60. The average molecular weight is 341 g/mol. The number of nitrogens with zero attached hydrogens (tertiary/aromatic N) is 1. The van der Waals surface area contributed by atoms with E-state index in [1.807, 2.05) is 38.1 Å². The molecule has 0 aliphatic rings. The second kappa shape index (κ2) is 8.82. The number of carbonyl (C=O) groups excluding carboxylic acids is 2. The molecule has 132 valence electrons. The van der Waals surface area contributed by atoms with Crippen molar-refractivity contribution in [1.29, 1.82) is 0 Å². The third kappa shape index (κ3) is 5.60. The molecule has 2 aromatic rings. The summed E-state index contributed by atoms with van der Waals surface area (Å²) in [4.78, 5) is 28.4. The topological polar surface area (TPSA) is 80.3 Å². The van der Waals surface area contributed by atoms with Crippen LogP contribution in [0.5, 0.6) is 5.75 Å². The lowest BCUT2D eigenvalue weighted by Gasteiger charge is -2.09. The van der Waals surface area contributed by atoms with E-state index in [-0.39, 0.29) is 23.2 Å². The highest BCUT2D eigenvalue weighted by Crippen LogP contribution is 2.11. The summed E-state index contributed by atoms with van der Waals surface area (Å²) in [5, 5.41) is 5.58. The fourth-order valence-corrected chi connectivity index (χ4v) is 2.09. The Morgan fingerprint density at radius 3 is 2.16 bits per heavy atom. The van der Waals surface area contributed by atoms with Crippen LogP contribution in [0.3, 0.4) is 0 Å². The van der Waals surface area contributed by atoms with Crippen LogP contribution in [-0.4, -0.2) is 30.5 Å². The molecule has 0 radical (unpaired) electrons. The molecule has 0 fully saturated rings. The van der Waals surface area contributed by atoms with Crippen molar-refractivity contribution in [3.8, 4) is 5.75 Å². The van der Waals surface area contributed by atoms with Crippen LogP contribution >= 0.6 is 0 Å². The lowest BCUT2D eigenvalue weighted by Crippen LogP contribution is -2.29. The highest BCUT2D eigenvalue weighted by molar-refractivity contribution is 5.96. The Labute approximate surface area is 147 Å². The zero-order chi connectivity index (χ0) is 18.2. The van der Waals surface area contributed by atoms with Crippen molar-refractivity contribution in [1.82, 2.24) is 15.6 Å². The number of carbonyl (C=O) groups is 2. The third-order valence-electron chi connectivity index (χ3n) is 3.50. The number of benzene rings is 1. The summed E-state index contributed by atoms with van der Waals surface area (Å²) in [5.74, 6) is 0.504. The first kappa shape index (κ1) is 18.4. The Morgan fingerprint density at radius 1 is 1.00 bits per heavy atom. The van der Waals surface area contributed by atoms with Crippen LogP contribution in [-0.2, 0) is 6.54 Å². The van der Waals surface area contributed by atoms with E-state index in [2.05, 4.69) is 15.6 Å². The molecule has 2 rings (SSSR count). The first-order chi connectivity index (χ1) is 12.0. The van der Waals surface area contributed by atoms with Gasteiger partial charge in [-0.2, -0.15) is 0 Å². The Morgan fingerprint density at radius 2 is 1.60 bits per heavy atom. The Hall–Kier alpha value is -2.89. The van der Waals surface area contributed by atoms with Crippen molar-refractivity contribution >= 4 is 11.8 Å². The van der Waals surface area contributed by atoms with Crippen molar-refractivity contribution in [2.45, 2.75) is 20.4 Å². The number of ether oxygens (including phenoxy) is 1. The molecular weight excluding hydrogens is 318 g/mol. The van der Waals surface area contributed by atoms with Gasteiger partial charge in [0.15, 0.2) is 0 Å². The normalized spacial score (nSPS) is 10.4. The number of aromatic nitrogens is 1. The molecule has 0 saturated carbocycles. The molecule has 0 bridgehead atoms. The SMILES string of the molecule is COc1ccc(CNC(=O)c2cccc(C(=O)NCC(C)C)n2)cc1. The molecule has 6 nitrogen and oxygen atoms in total. The number of hydrogen-bond acceptors (Lipinski definition) is 4. The number of nitrogens with one attached hydrogen (secondary N) is 2. The molecule has 2 N–H and O–H groups in total. The number of rotatable bonds is 7. The predicted molar refractivity (Wildman–Crippen MR) is 95.6 cm³/mol. The largest absolute Gasteiger partial charge is 0.497 e. The molecule has 2 amide bonds. The lowest BCUT2D eigenvalue weighted by atomic mass is 10.2. The average Bonchev–Trinajstić information content (AvgIpc) is 2.64. The van der Waals surface area contributed by atoms with Gasteiger partial charge in [0.05, 0.1) is 7.11 Å². The quantitative estimate of drug-likeness (QED) is 0.810. The van der Waals surface area contributed by atoms with E-state index in [0.717, 1.165) is 11.3 Å². The Kier molecular flexibility index (Phi) is 6.51. The lowest BCUT2D eigenvalue weighted by molar-refractivity contribution is 0.0940. The number of methoxy groups -OCH3 is 1. The molecule has 0 spiro atoms. The fourth-order valence-electron chi connectivity index (χ4n) is 2.09. The molecular formula is C19H23N3O3. The summed E-state index contributed by atoms with van der Waals surface area (Å²) < 4.78 is 5.10. The Bertz CT molecular complexity index is 727. The molecule has 25 heavy (non-hydrogen) atoms. The van der Waals surface area contributed by atoms with Crippen molar-refractivity contribution in [2.75, 3.05) is 13.7 Å². The maximum Gasteiger partial charge on any atom is 0.270 e. The van der Waals surface area contributed by atoms with Gasteiger partial charge in [0, 0.05) is 13.1 Å². The minimum absolute atomic E-state index is 0.214. The van der Waals surface area contributed by atoms with E-state index in [1.54, 1.807) is 25.3 Å². The number of amides is 2. The van der Waals surface area contributed by atoms with Crippen LogP contribution in [0.15, 0.2) is 42.5 Å². The van der Waals surface area contributed by atoms with Crippen molar-refractivity contribution in [2.24, 2.45) is 5.92 Å². The van der Waals surface area contributed by atoms with Gasteiger partial charge in [-0.05, 0) is 35.7 Å². The molecule has 1 aromatic heterocycles. The van der Waals surface area contributed by atoms with Gasteiger partial charge in [0.1, 0.15) is 17.1 Å². The zero-order valence-corrected chi connectivity index (χ0v) is 14.7. The van der Waals surface area contributed by atoms with E-state index in [9.17, 15) is 9.59 Å². The van der Waals surface area contributed by atoms with Gasteiger partial charge in [-0.3, -0.25) is 9.59 Å². The zero-order valence-electron chi connectivity index (χ0n) is 14.7. The minimum atomic E-state index is -0.325. The van der Waals surface area contributed by atoms with Gasteiger partial charge >= 0.3 is 0 Å². The third-order valence-corrected chi connectivity index (χ3v) is 3.50. The maximum absolute atomic E-state index is 12.3. The fraction of sp³-hybridized carbons (Fsp3) is 0.316. The smallest absolute Gasteiger partial charge is 0.270 e. The molecule has 6 heteroatoms. The highest BCUT2D eigenvalue weighted by Gasteiger charge is 2.12. The van der Waals surface area contributed by atoms with Crippen molar-refractivity contribution in [3.63, 3.8) is 0 Å². The highest BCUT2D eigenvalue weighted by atomic mass is 16.5. The first-order valence-electron chi connectivity index (χ1n) is 8.16. The molecule has 0 aliphatic heterocycles. The van der Waals surface area contributed by atoms with E-state index in [1.165, 1.54) is 0 Å². The molecule has 1 heterocycles. The van der Waals surface area contributed by atoms with Gasteiger partial charge in [0.25, 0.3) is 11.8 Å². The van der Waals surface area contributed by atoms with E-state index < -0.39 is 0 Å². The second-order valence-corrected chi connectivity index (χ2v) is 6.04. The number of pyridine rings is 1. The monoisotopic (exact) mass is 341 g/mol. The van der Waals surface area contributed by atoms with Crippen LogP contribution in [0.1, 0.15) is 40.4 Å². The van der Waals surface area contributed by atoms with Crippen LogP contribution in [0, 0.1) is 5.92 Å². The number of hydrogen-bond donors (Lipinski definition) is 2. The van der Waals surface area contributed by atoms with Crippen LogP contribution in [0.2, 0.25) is 0 Å². The summed E-state index contributed by atoms with van der Waals surface area (Å²) in [5.41, 5.74) is 1.39. The van der Waals surface area contributed by atoms with Gasteiger partial charge in [-0.15, -0.1) is 0 Å². The Balaban J connectivity index is 1.96. The van der Waals surface area contributed by atoms with Gasteiger partial charge < -0.3 is 15.4 Å². The predicted octanol–water partition coefficient (Wildman–Crippen LogP) is 2.41. The van der Waals surface area contributed by atoms with Gasteiger partial charge in [0.2, 0.25) is 0 Å². The van der Waals surface area contributed by atoms with Crippen LogP contribution < -0.4 is 15.4 Å². The van der Waals surface area contributed by atoms with Gasteiger partial charge in [-0.1, -0.05) is 32.0 Å². The summed E-state index contributed by atoms with van der Waals surface area (Å²) in [6.07, 6.45) is 0.